The number of nitrogens with zero attached hydrogens (tertiary/aromatic N) is 1. The Hall–Kier alpha value is -1.04. The van der Waals surface area contributed by atoms with Gasteiger partial charge < -0.3 is 5.32 Å². The zero-order valence-electron chi connectivity index (χ0n) is 11.6. The Bertz CT molecular complexity index is 255. The molecule has 1 amide bonds. The first-order valence-corrected chi connectivity index (χ1v) is 6.74. The maximum Gasteiger partial charge on any atom is 0.237 e. The molecule has 0 aliphatic rings. The number of carbonyl (C=O) groups is 1. The number of amides is 1. The molecule has 0 spiro atoms. The zero-order valence-corrected chi connectivity index (χ0v) is 11.6. The predicted molar refractivity (Wildman–Crippen MR) is 70.3 cm³/mol. The Kier molecular flexibility index (Phi) is 8.49. The van der Waals surface area contributed by atoms with Crippen molar-refractivity contribution in [2.24, 2.45) is 17.8 Å². The second-order valence-corrected chi connectivity index (χ2v) is 5.01. The van der Waals surface area contributed by atoms with Crippen molar-refractivity contribution in [3.8, 4) is 6.07 Å². The summed E-state index contributed by atoms with van der Waals surface area (Å²) in [5, 5.41) is 11.8. The molecular formula is C14H26N2O. The normalized spacial score (nSPS) is 14.1. The lowest BCUT2D eigenvalue weighted by Crippen LogP contribution is -2.35. The maximum absolute atomic E-state index is 11.8. The van der Waals surface area contributed by atoms with E-state index in [-0.39, 0.29) is 11.8 Å². The van der Waals surface area contributed by atoms with E-state index in [9.17, 15) is 4.79 Å². The minimum absolute atomic E-state index is 0.0794. The van der Waals surface area contributed by atoms with E-state index in [4.69, 9.17) is 5.26 Å². The minimum Gasteiger partial charge on any atom is -0.355 e. The molecule has 2 atom stereocenters. The second-order valence-electron chi connectivity index (χ2n) is 5.01. The van der Waals surface area contributed by atoms with Crippen LogP contribution in [0.1, 0.15) is 53.4 Å². The molecule has 0 rings (SSSR count). The summed E-state index contributed by atoms with van der Waals surface area (Å²) < 4.78 is 0. The highest BCUT2D eigenvalue weighted by molar-refractivity contribution is 5.81. The van der Waals surface area contributed by atoms with E-state index >= 15 is 0 Å². The van der Waals surface area contributed by atoms with Gasteiger partial charge in [-0.05, 0) is 18.3 Å². The summed E-state index contributed by atoms with van der Waals surface area (Å²) in [7, 11) is 0. The maximum atomic E-state index is 11.8. The minimum atomic E-state index is -0.515. The van der Waals surface area contributed by atoms with Gasteiger partial charge in [0.1, 0.15) is 5.92 Å². The largest absolute Gasteiger partial charge is 0.355 e. The van der Waals surface area contributed by atoms with Crippen LogP contribution < -0.4 is 5.32 Å². The lowest BCUT2D eigenvalue weighted by Gasteiger charge is -2.18. The molecule has 0 heterocycles. The van der Waals surface area contributed by atoms with Crippen molar-refractivity contribution in [2.45, 2.75) is 53.4 Å². The van der Waals surface area contributed by atoms with Gasteiger partial charge in [-0.3, -0.25) is 4.79 Å². The van der Waals surface area contributed by atoms with Gasteiger partial charge in [0.15, 0.2) is 0 Å². The van der Waals surface area contributed by atoms with Gasteiger partial charge in [-0.25, -0.2) is 0 Å². The van der Waals surface area contributed by atoms with Crippen molar-refractivity contribution >= 4 is 5.91 Å². The van der Waals surface area contributed by atoms with Crippen LogP contribution in [0, 0.1) is 29.1 Å². The fourth-order valence-electron chi connectivity index (χ4n) is 1.81. The molecule has 0 saturated carbocycles. The third kappa shape index (κ3) is 6.31. The van der Waals surface area contributed by atoms with E-state index in [2.05, 4.69) is 25.2 Å². The van der Waals surface area contributed by atoms with Crippen molar-refractivity contribution < 1.29 is 4.79 Å². The number of hydrogen-bond donors (Lipinski definition) is 1. The standard InChI is InChI=1S/C14H26N2O/c1-5-7-8-12(6-2)10-16-14(17)13(9-15)11(3)4/h11-13H,5-8,10H2,1-4H3,(H,16,17). The first-order valence-electron chi connectivity index (χ1n) is 6.74. The number of nitriles is 1. The molecule has 2 unspecified atom stereocenters. The van der Waals surface area contributed by atoms with Gasteiger partial charge in [-0.2, -0.15) is 5.26 Å². The second kappa shape index (κ2) is 9.04. The van der Waals surface area contributed by atoms with Crippen LogP contribution >= 0.6 is 0 Å². The average Bonchev–Trinajstić information content (AvgIpc) is 2.29. The Morgan fingerprint density at radius 3 is 2.41 bits per heavy atom. The fraction of sp³-hybridized carbons (Fsp3) is 0.857. The van der Waals surface area contributed by atoms with Gasteiger partial charge in [0.2, 0.25) is 5.91 Å². The summed E-state index contributed by atoms with van der Waals surface area (Å²) >= 11 is 0. The molecule has 3 heteroatoms. The van der Waals surface area contributed by atoms with Crippen LogP contribution in [0.3, 0.4) is 0 Å². The van der Waals surface area contributed by atoms with Gasteiger partial charge in [0.05, 0.1) is 6.07 Å². The first kappa shape index (κ1) is 16.0. The summed E-state index contributed by atoms with van der Waals surface area (Å²) in [5.41, 5.74) is 0. The lowest BCUT2D eigenvalue weighted by molar-refractivity contribution is -0.124. The smallest absolute Gasteiger partial charge is 0.237 e. The Labute approximate surface area is 106 Å². The Morgan fingerprint density at radius 2 is 2.00 bits per heavy atom. The molecule has 0 saturated heterocycles. The van der Waals surface area contributed by atoms with Crippen LogP contribution in [0.5, 0.6) is 0 Å². The molecular weight excluding hydrogens is 212 g/mol. The Morgan fingerprint density at radius 1 is 1.35 bits per heavy atom. The monoisotopic (exact) mass is 238 g/mol. The van der Waals surface area contributed by atoms with E-state index in [0.29, 0.717) is 12.5 Å². The van der Waals surface area contributed by atoms with Crippen molar-refractivity contribution in [1.82, 2.24) is 5.32 Å². The van der Waals surface area contributed by atoms with Crippen LogP contribution in [-0.4, -0.2) is 12.5 Å². The third-order valence-electron chi connectivity index (χ3n) is 3.20. The highest BCUT2D eigenvalue weighted by Crippen LogP contribution is 2.13. The number of hydrogen-bond acceptors (Lipinski definition) is 2. The molecule has 3 nitrogen and oxygen atoms in total. The van der Waals surface area contributed by atoms with Crippen molar-refractivity contribution in [2.75, 3.05) is 6.54 Å². The quantitative estimate of drug-likeness (QED) is 0.706. The number of carbonyl (C=O) groups excluding carboxylic acids is 1. The molecule has 0 aromatic carbocycles. The van der Waals surface area contributed by atoms with Crippen LogP contribution in [0.2, 0.25) is 0 Å². The van der Waals surface area contributed by atoms with E-state index in [1.807, 2.05) is 13.8 Å². The van der Waals surface area contributed by atoms with Crippen molar-refractivity contribution in [3.63, 3.8) is 0 Å². The molecule has 0 aliphatic carbocycles. The Balaban J connectivity index is 4.08. The summed E-state index contributed by atoms with van der Waals surface area (Å²) in [4.78, 5) is 11.8. The van der Waals surface area contributed by atoms with E-state index in [0.717, 1.165) is 12.8 Å². The molecule has 0 fully saturated rings. The van der Waals surface area contributed by atoms with Crippen LogP contribution in [0.25, 0.3) is 0 Å². The summed E-state index contributed by atoms with van der Waals surface area (Å²) in [6, 6.07) is 2.07. The van der Waals surface area contributed by atoms with Crippen molar-refractivity contribution in [1.29, 1.82) is 5.26 Å². The van der Waals surface area contributed by atoms with Gasteiger partial charge in [-0.1, -0.05) is 47.0 Å². The predicted octanol–water partition coefficient (Wildman–Crippen LogP) is 3.11. The molecule has 0 bridgehead atoms. The van der Waals surface area contributed by atoms with Gasteiger partial charge in [0, 0.05) is 6.54 Å². The molecule has 0 radical (unpaired) electrons. The highest BCUT2D eigenvalue weighted by Gasteiger charge is 2.21. The van der Waals surface area contributed by atoms with E-state index in [1.165, 1.54) is 12.8 Å². The van der Waals surface area contributed by atoms with Crippen LogP contribution in [-0.2, 0) is 4.79 Å². The SMILES string of the molecule is CCCCC(CC)CNC(=O)C(C#N)C(C)C. The van der Waals surface area contributed by atoms with Crippen LogP contribution in [0.15, 0.2) is 0 Å². The first-order chi connectivity index (χ1) is 8.06. The number of unbranched alkanes of at least 4 members (excludes halogenated alkanes) is 1. The van der Waals surface area contributed by atoms with Crippen LogP contribution in [0.4, 0.5) is 0 Å². The molecule has 1 N–H and O–H groups in total. The lowest BCUT2D eigenvalue weighted by atomic mass is 9.95. The third-order valence-corrected chi connectivity index (χ3v) is 3.20. The molecule has 98 valence electrons. The molecule has 0 aromatic rings. The zero-order chi connectivity index (χ0) is 13.3. The number of rotatable bonds is 8. The van der Waals surface area contributed by atoms with E-state index in [1.54, 1.807) is 0 Å². The molecule has 0 aromatic heterocycles. The van der Waals surface area contributed by atoms with E-state index < -0.39 is 5.92 Å². The topological polar surface area (TPSA) is 52.9 Å². The molecule has 0 aliphatic heterocycles. The summed E-state index contributed by atoms with van der Waals surface area (Å²) in [5.74, 6) is -0.00254. The van der Waals surface area contributed by atoms with Gasteiger partial charge in [-0.15, -0.1) is 0 Å². The van der Waals surface area contributed by atoms with Crippen molar-refractivity contribution in [3.05, 3.63) is 0 Å². The number of nitrogens with one attached hydrogen (secondary N) is 1. The fourth-order valence-corrected chi connectivity index (χ4v) is 1.81. The van der Waals surface area contributed by atoms with Gasteiger partial charge >= 0.3 is 0 Å². The summed E-state index contributed by atoms with van der Waals surface area (Å²) in [6.45, 7) is 8.84. The van der Waals surface area contributed by atoms with Gasteiger partial charge in [0.25, 0.3) is 0 Å². The highest BCUT2D eigenvalue weighted by atomic mass is 16.1. The summed E-state index contributed by atoms with van der Waals surface area (Å²) in [6.07, 6.45) is 4.64. The molecule has 17 heavy (non-hydrogen) atoms. The average molecular weight is 238 g/mol.